The summed E-state index contributed by atoms with van der Waals surface area (Å²) >= 11 is 0. The number of rotatable bonds is 5. The van der Waals surface area contributed by atoms with Crippen LogP contribution in [0.5, 0.6) is 0 Å². The Morgan fingerprint density at radius 1 is 1.36 bits per heavy atom. The van der Waals surface area contributed by atoms with Gasteiger partial charge in [0.2, 0.25) is 0 Å². The van der Waals surface area contributed by atoms with Crippen LogP contribution >= 0.6 is 0 Å². The molecule has 3 aromatic heterocycles. The van der Waals surface area contributed by atoms with Crippen LogP contribution in [0.3, 0.4) is 0 Å². The highest BCUT2D eigenvalue weighted by molar-refractivity contribution is 5.42. The maximum Gasteiger partial charge on any atom is 0.139 e. The Morgan fingerprint density at radius 3 is 3.04 bits per heavy atom. The standard InChI is InChI=1S/C18H21N5O2/c1-21-17(6-7-19-21)18(24)16-12-14-13-22(9-10-23(14)20-16)8-2-4-15-5-3-11-25-15/h2-7,11-12,18,24H,8-10,13H2,1H3/b4-2+/t18-/m1/s1. The van der Waals surface area contributed by atoms with Gasteiger partial charge >= 0.3 is 0 Å². The van der Waals surface area contributed by atoms with Gasteiger partial charge in [-0.15, -0.1) is 0 Å². The number of aryl methyl sites for hydroxylation is 1. The minimum absolute atomic E-state index is 0.673. The van der Waals surface area contributed by atoms with Crippen LogP contribution in [-0.2, 0) is 20.1 Å². The van der Waals surface area contributed by atoms with Gasteiger partial charge in [0.05, 0.1) is 29.9 Å². The summed E-state index contributed by atoms with van der Waals surface area (Å²) in [5, 5.41) is 19.2. The van der Waals surface area contributed by atoms with E-state index in [4.69, 9.17) is 4.42 Å². The Balaban J connectivity index is 1.43. The van der Waals surface area contributed by atoms with Crippen LogP contribution in [0.4, 0.5) is 0 Å². The molecule has 130 valence electrons. The van der Waals surface area contributed by atoms with Crippen molar-refractivity contribution in [2.24, 2.45) is 7.05 Å². The van der Waals surface area contributed by atoms with Crippen molar-refractivity contribution in [1.29, 1.82) is 0 Å². The third-order valence-electron chi connectivity index (χ3n) is 4.50. The fourth-order valence-corrected chi connectivity index (χ4v) is 3.14. The molecule has 3 aromatic rings. The predicted molar refractivity (Wildman–Crippen MR) is 92.5 cm³/mol. The van der Waals surface area contributed by atoms with E-state index in [1.807, 2.05) is 42.1 Å². The van der Waals surface area contributed by atoms with E-state index >= 15 is 0 Å². The first-order chi connectivity index (χ1) is 12.2. The number of aromatic nitrogens is 4. The summed E-state index contributed by atoms with van der Waals surface area (Å²) < 4.78 is 8.96. The number of aliphatic hydroxyl groups excluding tert-OH is 1. The molecule has 0 amide bonds. The van der Waals surface area contributed by atoms with Crippen LogP contribution in [0.15, 0.2) is 47.2 Å². The van der Waals surface area contributed by atoms with Gasteiger partial charge in [-0.1, -0.05) is 6.08 Å². The van der Waals surface area contributed by atoms with Crippen molar-refractivity contribution in [3.63, 3.8) is 0 Å². The van der Waals surface area contributed by atoms with Crippen molar-refractivity contribution in [2.45, 2.75) is 19.2 Å². The van der Waals surface area contributed by atoms with Crippen LogP contribution in [0.2, 0.25) is 0 Å². The van der Waals surface area contributed by atoms with Gasteiger partial charge in [-0.25, -0.2) is 0 Å². The summed E-state index contributed by atoms with van der Waals surface area (Å²) in [4.78, 5) is 2.34. The molecular formula is C18H21N5O2. The molecule has 7 nitrogen and oxygen atoms in total. The smallest absolute Gasteiger partial charge is 0.139 e. The molecule has 0 radical (unpaired) electrons. The summed E-state index contributed by atoms with van der Waals surface area (Å²) in [5.41, 5.74) is 2.54. The zero-order valence-electron chi connectivity index (χ0n) is 14.1. The average Bonchev–Trinajstić information content (AvgIpc) is 3.34. The third-order valence-corrected chi connectivity index (χ3v) is 4.50. The predicted octanol–water partition coefficient (Wildman–Crippen LogP) is 1.82. The van der Waals surface area contributed by atoms with Gasteiger partial charge in [-0.05, 0) is 30.3 Å². The molecule has 1 N–H and O–H groups in total. The second-order valence-corrected chi connectivity index (χ2v) is 6.22. The first-order valence-electron chi connectivity index (χ1n) is 8.36. The molecule has 1 aliphatic rings. The lowest BCUT2D eigenvalue weighted by molar-refractivity contribution is 0.201. The molecule has 4 rings (SSSR count). The molecule has 0 aromatic carbocycles. The Morgan fingerprint density at radius 2 is 2.28 bits per heavy atom. The van der Waals surface area contributed by atoms with Crippen molar-refractivity contribution in [3.8, 4) is 0 Å². The number of furan rings is 1. The van der Waals surface area contributed by atoms with E-state index in [-0.39, 0.29) is 0 Å². The van der Waals surface area contributed by atoms with E-state index < -0.39 is 6.10 Å². The monoisotopic (exact) mass is 339 g/mol. The fraction of sp³-hybridized carbons (Fsp3) is 0.333. The first-order valence-corrected chi connectivity index (χ1v) is 8.36. The number of aliphatic hydroxyl groups is 1. The maximum atomic E-state index is 10.6. The Bertz CT molecular complexity index is 862. The van der Waals surface area contributed by atoms with Crippen molar-refractivity contribution < 1.29 is 9.52 Å². The lowest BCUT2D eigenvalue weighted by atomic mass is 10.1. The highest BCUT2D eigenvalue weighted by Gasteiger charge is 2.22. The van der Waals surface area contributed by atoms with Gasteiger partial charge in [-0.2, -0.15) is 10.2 Å². The normalized spacial score (nSPS) is 16.4. The van der Waals surface area contributed by atoms with E-state index in [1.165, 1.54) is 0 Å². The van der Waals surface area contributed by atoms with Crippen LogP contribution in [0.1, 0.15) is 28.9 Å². The molecular weight excluding hydrogens is 318 g/mol. The van der Waals surface area contributed by atoms with Gasteiger partial charge in [-0.3, -0.25) is 14.3 Å². The number of hydrogen-bond donors (Lipinski definition) is 1. The van der Waals surface area contributed by atoms with Gasteiger partial charge in [0, 0.05) is 32.9 Å². The summed E-state index contributed by atoms with van der Waals surface area (Å²) in [7, 11) is 1.82. The fourth-order valence-electron chi connectivity index (χ4n) is 3.14. The van der Waals surface area contributed by atoms with E-state index in [0.29, 0.717) is 5.69 Å². The molecule has 25 heavy (non-hydrogen) atoms. The van der Waals surface area contributed by atoms with Gasteiger partial charge in [0.1, 0.15) is 11.9 Å². The molecule has 0 unspecified atom stereocenters. The molecule has 4 heterocycles. The lowest BCUT2D eigenvalue weighted by Crippen LogP contribution is -2.33. The number of fused-ring (bicyclic) bond motifs is 1. The minimum atomic E-state index is -0.752. The second-order valence-electron chi connectivity index (χ2n) is 6.22. The summed E-state index contributed by atoms with van der Waals surface area (Å²) in [5.74, 6) is 0.864. The molecule has 0 bridgehead atoms. The van der Waals surface area contributed by atoms with E-state index in [9.17, 15) is 5.11 Å². The quantitative estimate of drug-likeness (QED) is 0.768. The Kier molecular flexibility index (Phi) is 4.25. The molecule has 1 atom stereocenters. The second kappa shape index (κ2) is 6.70. The third kappa shape index (κ3) is 3.29. The maximum absolute atomic E-state index is 10.6. The highest BCUT2D eigenvalue weighted by Crippen LogP contribution is 2.23. The van der Waals surface area contributed by atoms with E-state index in [2.05, 4.69) is 21.2 Å². The summed E-state index contributed by atoms with van der Waals surface area (Å²) in [6.07, 6.45) is 6.70. The van der Waals surface area contributed by atoms with Crippen molar-refractivity contribution in [3.05, 3.63) is 65.6 Å². The van der Waals surface area contributed by atoms with Gasteiger partial charge in [0.25, 0.3) is 0 Å². The van der Waals surface area contributed by atoms with Crippen LogP contribution in [0, 0.1) is 0 Å². The summed E-state index contributed by atoms with van der Waals surface area (Å²) in [6, 6.07) is 7.62. The Labute approximate surface area is 145 Å². The number of nitrogens with zero attached hydrogens (tertiary/aromatic N) is 5. The van der Waals surface area contributed by atoms with Crippen LogP contribution in [0.25, 0.3) is 6.08 Å². The number of hydrogen-bond acceptors (Lipinski definition) is 5. The van der Waals surface area contributed by atoms with Crippen LogP contribution in [-0.4, -0.2) is 42.7 Å². The van der Waals surface area contributed by atoms with Crippen molar-refractivity contribution in [2.75, 3.05) is 13.1 Å². The SMILES string of the molecule is Cn1nccc1[C@H](O)c1cc2n(n1)CCN(C/C=C/c1ccco1)C2. The largest absolute Gasteiger partial charge is 0.465 e. The van der Waals surface area contributed by atoms with E-state index in [0.717, 1.165) is 43.3 Å². The summed E-state index contributed by atoms with van der Waals surface area (Å²) in [6.45, 7) is 3.42. The first kappa shape index (κ1) is 15.9. The zero-order valence-corrected chi connectivity index (χ0v) is 14.1. The molecule has 0 fully saturated rings. The van der Waals surface area contributed by atoms with E-state index in [1.54, 1.807) is 17.1 Å². The lowest BCUT2D eigenvalue weighted by Gasteiger charge is -2.26. The van der Waals surface area contributed by atoms with Crippen LogP contribution < -0.4 is 0 Å². The van der Waals surface area contributed by atoms with Crippen molar-refractivity contribution in [1.82, 2.24) is 24.5 Å². The molecule has 0 spiro atoms. The Hall–Kier alpha value is -2.64. The zero-order chi connectivity index (χ0) is 17.2. The molecule has 7 heteroatoms. The molecule has 0 saturated heterocycles. The topological polar surface area (TPSA) is 72.2 Å². The molecule has 1 aliphatic heterocycles. The minimum Gasteiger partial charge on any atom is -0.465 e. The van der Waals surface area contributed by atoms with Gasteiger partial charge < -0.3 is 9.52 Å². The average molecular weight is 339 g/mol. The van der Waals surface area contributed by atoms with Crippen molar-refractivity contribution >= 4 is 6.08 Å². The highest BCUT2D eigenvalue weighted by atomic mass is 16.3. The molecule has 0 aliphatic carbocycles. The molecule has 0 saturated carbocycles. The van der Waals surface area contributed by atoms with Gasteiger partial charge in [0.15, 0.2) is 0 Å².